The van der Waals surface area contributed by atoms with Gasteiger partial charge in [-0.15, -0.1) is 0 Å². The van der Waals surface area contributed by atoms with Crippen molar-refractivity contribution in [1.82, 2.24) is 10.4 Å². The van der Waals surface area contributed by atoms with E-state index in [9.17, 15) is 4.79 Å². The van der Waals surface area contributed by atoms with Crippen molar-refractivity contribution in [1.29, 1.82) is 0 Å². The van der Waals surface area contributed by atoms with Crippen LogP contribution in [0.1, 0.15) is 33.6 Å². The van der Waals surface area contributed by atoms with E-state index in [4.69, 9.17) is 10.5 Å². The highest BCUT2D eigenvalue weighted by Gasteiger charge is 2.21. The fraction of sp³-hybridized carbons (Fsp3) is 0.900. The summed E-state index contributed by atoms with van der Waals surface area (Å²) in [4.78, 5) is 11.4. The average molecular weight is 215 g/mol. The van der Waals surface area contributed by atoms with Crippen LogP contribution in [-0.2, 0) is 4.74 Å². The van der Waals surface area contributed by atoms with Crippen LogP contribution in [0.15, 0.2) is 0 Å². The van der Waals surface area contributed by atoms with Gasteiger partial charge in [-0.05, 0) is 33.6 Å². The molecule has 0 saturated carbocycles. The molecule has 0 unspecified atom stereocenters. The average Bonchev–Trinajstić information content (AvgIpc) is 1.99. The molecule has 0 aromatic heterocycles. The third-order valence-corrected chi connectivity index (χ3v) is 2.11. The lowest BCUT2D eigenvalue weighted by Gasteiger charge is -2.31. The van der Waals surface area contributed by atoms with E-state index in [1.807, 2.05) is 25.8 Å². The maximum atomic E-state index is 11.4. The molecule has 1 aliphatic rings. The summed E-state index contributed by atoms with van der Waals surface area (Å²) in [6.07, 6.45) is 1.63. The van der Waals surface area contributed by atoms with Gasteiger partial charge in [-0.3, -0.25) is 5.43 Å². The second-order valence-corrected chi connectivity index (χ2v) is 4.96. The van der Waals surface area contributed by atoms with E-state index in [-0.39, 0.29) is 6.04 Å². The zero-order valence-corrected chi connectivity index (χ0v) is 9.75. The molecule has 0 spiro atoms. The van der Waals surface area contributed by atoms with E-state index in [2.05, 4.69) is 5.43 Å². The number of piperidine rings is 1. The van der Waals surface area contributed by atoms with Crippen molar-refractivity contribution in [2.24, 2.45) is 5.73 Å². The van der Waals surface area contributed by atoms with E-state index in [1.165, 1.54) is 0 Å². The molecule has 3 N–H and O–H groups in total. The van der Waals surface area contributed by atoms with Gasteiger partial charge in [-0.25, -0.2) is 9.80 Å². The predicted octanol–water partition coefficient (Wildman–Crippen LogP) is 0.849. The van der Waals surface area contributed by atoms with Crippen LogP contribution >= 0.6 is 0 Å². The normalized spacial score (nSPS) is 23.6. The lowest BCUT2D eigenvalue weighted by Crippen LogP contribution is -2.52. The molecule has 0 bridgehead atoms. The Morgan fingerprint density at radius 1 is 1.53 bits per heavy atom. The molecule has 1 fully saturated rings. The highest BCUT2D eigenvalue weighted by Crippen LogP contribution is 2.09. The summed E-state index contributed by atoms with van der Waals surface area (Å²) in [6, 6.07) is 0.147. The fourth-order valence-electron chi connectivity index (χ4n) is 1.54. The van der Waals surface area contributed by atoms with Gasteiger partial charge >= 0.3 is 6.09 Å². The fourth-order valence-corrected chi connectivity index (χ4v) is 1.54. The number of hydrazine groups is 1. The summed E-state index contributed by atoms with van der Waals surface area (Å²) < 4.78 is 5.14. The minimum absolute atomic E-state index is 0.147. The van der Waals surface area contributed by atoms with Crippen LogP contribution < -0.4 is 11.2 Å². The Kier molecular flexibility index (Phi) is 3.93. The number of hydrogen-bond donors (Lipinski definition) is 2. The number of carbonyl (C=O) groups excluding carboxylic acids is 1. The van der Waals surface area contributed by atoms with Gasteiger partial charge in [0.25, 0.3) is 0 Å². The standard InChI is InChI=1S/C10H21N3O2/c1-10(2,3)15-9(14)12-13-6-4-5-8(11)7-13/h8H,4-7,11H2,1-3H3,(H,12,14)/t8-/m0/s1. The van der Waals surface area contributed by atoms with Crippen molar-refractivity contribution >= 4 is 6.09 Å². The second kappa shape index (κ2) is 4.81. The molecule has 1 aliphatic heterocycles. The Morgan fingerprint density at radius 2 is 2.20 bits per heavy atom. The largest absolute Gasteiger partial charge is 0.443 e. The minimum Gasteiger partial charge on any atom is -0.443 e. The summed E-state index contributed by atoms with van der Waals surface area (Å²) in [6.45, 7) is 7.06. The number of hydrogen-bond acceptors (Lipinski definition) is 4. The van der Waals surface area contributed by atoms with Gasteiger partial charge in [-0.1, -0.05) is 0 Å². The monoisotopic (exact) mass is 215 g/mol. The van der Waals surface area contributed by atoms with Crippen LogP contribution in [0.3, 0.4) is 0 Å². The van der Waals surface area contributed by atoms with Crippen LogP contribution in [0.25, 0.3) is 0 Å². The molecule has 0 aliphatic carbocycles. The van der Waals surface area contributed by atoms with Crippen LogP contribution in [0, 0.1) is 0 Å². The summed E-state index contributed by atoms with van der Waals surface area (Å²) in [5.74, 6) is 0. The number of rotatable bonds is 1. The van der Waals surface area contributed by atoms with Crippen molar-refractivity contribution in [3.8, 4) is 0 Å². The Labute approximate surface area is 90.9 Å². The predicted molar refractivity (Wildman–Crippen MR) is 58.2 cm³/mol. The molecule has 1 saturated heterocycles. The Bertz CT molecular complexity index is 225. The first kappa shape index (κ1) is 12.3. The summed E-state index contributed by atoms with van der Waals surface area (Å²) >= 11 is 0. The van der Waals surface area contributed by atoms with E-state index in [0.29, 0.717) is 6.54 Å². The number of amides is 1. The molecule has 0 aromatic carbocycles. The molecule has 88 valence electrons. The molecule has 1 rings (SSSR count). The van der Waals surface area contributed by atoms with Gasteiger partial charge in [0.1, 0.15) is 5.60 Å². The van der Waals surface area contributed by atoms with Gasteiger partial charge < -0.3 is 10.5 Å². The number of carbonyl (C=O) groups is 1. The third-order valence-electron chi connectivity index (χ3n) is 2.11. The summed E-state index contributed by atoms with van der Waals surface area (Å²) in [5, 5.41) is 1.82. The first-order valence-electron chi connectivity index (χ1n) is 5.37. The molecule has 15 heavy (non-hydrogen) atoms. The van der Waals surface area contributed by atoms with Crippen molar-refractivity contribution in [3.63, 3.8) is 0 Å². The lowest BCUT2D eigenvalue weighted by molar-refractivity contribution is 0.0284. The molecular formula is C10H21N3O2. The highest BCUT2D eigenvalue weighted by molar-refractivity contribution is 5.67. The third kappa shape index (κ3) is 4.99. The van der Waals surface area contributed by atoms with Gasteiger partial charge in [0, 0.05) is 19.1 Å². The van der Waals surface area contributed by atoms with Crippen molar-refractivity contribution in [2.75, 3.05) is 13.1 Å². The maximum absolute atomic E-state index is 11.4. The van der Waals surface area contributed by atoms with Crippen molar-refractivity contribution in [3.05, 3.63) is 0 Å². The molecule has 5 heteroatoms. The van der Waals surface area contributed by atoms with E-state index >= 15 is 0 Å². The van der Waals surface area contributed by atoms with Crippen molar-refractivity contribution in [2.45, 2.75) is 45.3 Å². The Hall–Kier alpha value is -0.810. The Balaban J connectivity index is 2.31. The Morgan fingerprint density at radius 3 is 2.73 bits per heavy atom. The number of nitrogens with zero attached hydrogens (tertiary/aromatic N) is 1. The van der Waals surface area contributed by atoms with Gasteiger partial charge in [0.05, 0.1) is 0 Å². The number of ether oxygens (including phenoxy) is 1. The van der Waals surface area contributed by atoms with Crippen LogP contribution in [0.2, 0.25) is 0 Å². The summed E-state index contributed by atoms with van der Waals surface area (Å²) in [7, 11) is 0. The van der Waals surface area contributed by atoms with Crippen LogP contribution in [0.4, 0.5) is 4.79 Å². The molecule has 1 atom stereocenters. The zero-order valence-electron chi connectivity index (χ0n) is 9.75. The molecule has 5 nitrogen and oxygen atoms in total. The van der Waals surface area contributed by atoms with E-state index in [0.717, 1.165) is 19.4 Å². The molecular weight excluding hydrogens is 194 g/mol. The number of nitrogens with one attached hydrogen (secondary N) is 1. The van der Waals surface area contributed by atoms with Gasteiger partial charge in [0.2, 0.25) is 0 Å². The van der Waals surface area contributed by atoms with Gasteiger partial charge in [-0.2, -0.15) is 0 Å². The quantitative estimate of drug-likeness (QED) is 0.680. The molecule has 1 heterocycles. The molecule has 1 amide bonds. The topological polar surface area (TPSA) is 67.6 Å². The number of nitrogens with two attached hydrogens (primary N) is 1. The SMILES string of the molecule is CC(C)(C)OC(=O)NN1CCC[C@H](N)C1. The first-order chi connectivity index (χ1) is 6.87. The summed E-state index contributed by atoms with van der Waals surface area (Å²) in [5.41, 5.74) is 8.04. The smallest absolute Gasteiger partial charge is 0.422 e. The van der Waals surface area contributed by atoms with Crippen LogP contribution in [-0.4, -0.2) is 35.8 Å². The highest BCUT2D eigenvalue weighted by atomic mass is 16.6. The van der Waals surface area contributed by atoms with Crippen molar-refractivity contribution < 1.29 is 9.53 Å². The van der Waals surface area contributed by atoms with Crippen LogP contribution in [0.5, 0.6) is 0 Å². The van der Waals surface area contributed by atoms with E-state index < -0.39 is 11.7 Å². The van der Waals surface area contributed by atoms with E-state index in [1.54, 1.807) is 0 Å². The molecule has 0 aromatic rings. The minimum atomic E-state index is -0.456. The first-order valence-corrected chi connectivity index (χ1v) is 5.37. The van der Waals surface area contributed by atoms with Gasteiger partial charge in [0.15, 0.2) is 0 Å². The zero-order chi connectivity index (χ0) is 11.5. The molecule has 0 radical (unpaired) electrons. The maximum Gasteiger partial charge on any atom is 0.422 e. The lowest BCUT2D eigenvalue weighted by atomic mass is 10.1. The second-order valence-electron chi connectivity index (χ2n) is 4.96.